The monoisotopic (exact) mass is 693 g/mol. The topological polar surface area (TPSA) is 30.9 Å². The average molecular weight is 694 g/mol. The number of hydrogen-bond acceptors (Lipinski definition) is 4. The van der Waals surface area contributed by atoms with Gasteiger partial charge >= 0.3 is 0 Å². The second-order valence-electron chi connectivity index (χ2n) is 16.8. The Balaban J connectivity index is 1.64. The number of benzene rings is 4. The average Bonchev–Trinajstić information content (AvgIpc) is 3.35. The van der Waals surface area contributed by atoms with E-state index in [1.807, 2.05) is 0 Å². The van der Waals surface area contributed by atoms with Crippen molar-refractivity contribution < 1.29 is 13.6 Å². The van der Waals surface area contributed by atoms with E-state index >= 15 is 0 Å². The molecule has 49 heavy (non-hydrogen) atoms. The van der Waals surface area contributed by atoms with Gasteiger partial charge in [0.15, 0.2) is 16.6 Å². The molecule has 4 aromatic rings. The summed E-state index contributed by atoms with van der Waals surface area (Å²) in [6.07, 6.45) is -0.203. The molecule has 5 rings (SSSR count). The van der Waals surface area contributed by atoms with E-state index in [9.17, 15) is 0 Å². The van der Waals surface area contributed by atoms with Gasteiger partial charge in [-0.2, -0.15) is 0 Å². The van der Waals surface area contributed by atoms with E-state index in [2.05, 4.69) is 194 Å². The highest BCUT2D eigenvalue weighted by Crippen LogP contribution is 2.45. The molecule has 4 aromatic carbocycles. The van der Waals surface area contributed by atoms with Crippen molar-refractivity contribution in [3.05, 3.63) is 144 Å². The molecule has 0 spiro atoms. The quantitative estimate of drug-likeness (QED) is 0.109. The third-order valence-electron chi connectivity index (χ3n) is 11.4. The van der Waals surface area contributed by atoms with Gasteiger partial charge in [0.25, 0.3) is 0 Å². The van der Waals surface area contributed by atoms with Crippen molar-refractivity contribution in [2.24, 2.45) is 0 Å². The van der Waals surface area contributed by atoms with Crippen LogP contribution in [0.5, 0.6) is 0 Å². The minimum Gasteiger partial charge on any atom is -0.410 e. The van der Waals surface area contributed by atoms with Gasteiger partial charge in [0.05, 0.1) is 24.9 Å². The SMILES string of the molecule is CC(C)(C)[Si](C)(C)O[C@H]1[C@@H](O[Si](C)(C)C(C)(C)C)CN(Cc2ccccc2)[C@@H]1COC(c1ccccc1)(c1ccccc1)c1ccccc1. The molecular formula is C43H59NO3Si2. The Bertz CT molecular complexity index is 1500. The van der Waals surface area contributed by atoms with Crippen LogP contribution in [0.25, 0.3) is 0 Å². The summed E-state index contributed by atoms with van der Waals surface area (Å²) >= 11 is 0. The lowest BCUT2D eigenvalue weighted by Gasteiger charge is -2.44. The largest absolute Gasteiger partial charge is 0.410 e. The summed E-state index contributed by atoms with van der Waals surface area (Å²) in [7, 11) is -4.34. The van der Waals surface area contributed by atoms with E-state index in [4.69, 9.17) is 13.6 Å². The first-order chi connectivity index (χ1) is 23.1. The Hall–Kier alpha value is -2.85. The number of rotatable bonds is 12. The van der Waals surface area contributed by atoms with Crippen LogP contribution < -0.4 is 0 Å². The molecule has 1 saturated heterocycles. The molecule has 4 nitrogen and oxygen atoms in total. The smallest absolute Gasteiger partial charge is 0.192 e. The summed E-state index contributed by atoms with van der Waals surface area (Å²) in [6.45, 7) is 25.5. The molecule has 6 heteroatoms. The van der Waals surface area contributed by atoms with Gasteiger partial charge in [0, 0.05) is 13.1 Å². The number of ether oxygens (including phenoxy) is 1. The Labute approximate surface area is 299 Å². The van der Waals surface area contributed by atoms with E-state index in [1.165, 1.54) is 5.56 Å². The van der Waals surface area contributed by atoms with Gasteiger partial charge < -0.3 is 13.6 Å². The molecular weight excluding hydrogens is 635 g/mol. The first kappa shape index (κ1) is 37.4. The van der Waals surface area contributed by atoms with E-state index < -0.39 is 22.2 Å². The van der Waals surface area contributed by atoms with Gasteiger partial charge in [-0.3, -0.25) is 4.90 Å². The van der Waals surface area contributed by atoms with Crippen molar-refractivity contribution in [2.45, 2.75) is 108 Å². The zero-order valence-electron chi connectivity index (χ0n) is 31.6. The Morgan fingerprint density at radius 3 is 1.37 bits per heavy atom. The van der Waals surface area contributed by atoms with Gasteiger partial charge in [-0.05, 0) is 58.5 Å². The molecule has 0 saturated carbocycles. The fourth-order valence-corrected chi connectivity index (χ4v) is 9.10. The number of nitrogens with zero attached hydrogens (tertiary/aromatic N) is 1. The molecule has 0 radical (unpaired) electrons. The summed E-state index contributed by atoms with van der Waals surface area (Å²) in [5, 5.41) is 0.130. The van der Waals surface area contributed by atoms with E-state index in [1.54, 1.807) is 0 Å². The fraction of sp³-hybridized carbons (Fsp3) is 0.442. The number of hydrogen-bond donors (Lipinski definition) is 0. The molecule has 1 aliphatic heterocycles. The van der Waals surface area contributed by atoms with Crippen molar-refractivity contribution in [2.75, 3.05) is 13.2 Å². The molecule has 1 fully saturated rings. The first-order valence-corrected chi connectivity index (χ1v) is 23.8. The molecule has 0 unspecified atom stereocenters. The van der Waals surface area contributed by atoms with Crippen LogP contribution in [0.1, 0.15) is 63.8 Å². The molecule has 0 amide bonds. The van der Waals surface area contributed by atoms with Crippen LogP contribution in [0, 0.1) is 0 Å². The second kappa shape index (κ2) is 14.8. The van der Waals surface area contributed by atoms with Gasteiger partial charge in [-0.25, -0.2) is 0 Å². The minimum absolute atomic E-state index is 0.0281. The number of likely N-dealkylation sites (tertiary alicyclic amines) is 1. The van der Waals surface area contributed by atoms with Crippen LogP contribution in [0.4, 0.5) is 0 Å². The summed E-state index contributed by atoms with van der Waals surface area (Å²) < 4.78 is 22.4. The third-order valence-corrected chi connectivity index (χ3v) is 20.3. The van der Waals surface area contributed by atoms with Crippen molar-refractivity contribution >= 4 is 16.6 Å². The van der Waals surface area contributed by atoms with Crippen LogP contribution >= 0.6 is 0 Å². The van der Waals surface area contributed by atoms with Gasteiger partial charge in [0.2, 0.25) is 0 Å². The highest BCUT2D eigenvalue weighted by molar-refractivity contribution is 6.74. The summed E-state index contributed by atoms with van der Waals surface area (Å²) in [5.74, 6) is 0. The Morgan fingerprint density at radius 2 is 0.959 bits per heavy atom. The zero-order valence-corrected chi connectivity index (χ0v) is 33.6. The maximum atomic E-state index is 7.57. The molecule has 1 aliphatic rings. The van der Waals surface area contributed by atoms with Crippen molar-refractivity contribution in [3.8, 4) is 0 Å². The normalized spacial score (nSPS) is 19.7. The molecule has 0 aromatic heterocycles. The molecule has 0 bridgehead atoms. The highest BCUT2D eigenvalue weighted by Gasteiger charge is 2.52. The predicted octanol–water partition coefficient (Wildman–Crippen LogP) is 10.7. The molecule has 0 aliphatic carbocycles. The summed E-state index contributed by atoms with van der Waals surface area (Å²) in [5.41, 5.74) is 3.79. The van der Waals surface area contributed by atoms with Crippen molar-refractivity contribution in [1.82, 2.24) is 4.90 Å². The lowest BCUT2D eigenvalue weighted by molar-refractivity contribution is -0.0418. The van der Waals surface area contributed by atoms with Crippen LogP contribution in [-0.4, -0.2) is 52.9 Å². The fourth-order valence-electron chi connectivity index (χ4n) is 6.44. The zero-order chi connectivity index (χ0) is 35.5. The molecule has 0 N–H and O–H groups in total. The van der Waals surface area contributed by atoms with E-state index in [0.29, 0.717) is 6.61 Å². The van der Waals surface area contributed by atoms with Crippen LogP contribution in [0.2, 0.25) is 36.3 Å². The molecule has 262 valence electrons. The van der Waals surface area contributed by atoms with Crippen molar-refractivity contribution in [3.63, 3.8) is 0 Å². The van der Waals surface area contributed by atoms with E-state index in [0.717, 1.165) is 29.8 Å². The maximum Gasteiger partial charge on any atom is 0.192 e. The third kappa shape index (κ3) is 8.22. The van der Waals surface area contributed by atoms with Crippen molar-refractivity contribution in [1.29, 1.82) is 0 Å². The van der Waals surface area contributed by atoms with Crippen LogP contribution in [0.15, 0.2) is 121 Å². The lowest BCUT2D eigenvalue weighted by atomic mass is 9.80. The standard InChI is InChI=1S/C43H59NO3Si2/c1-41(2,3)48(7,8)46-39-32-44(31-34-23-15-11-16-24-34)38(40(39)47-49(9,10)42(4,5)6)33-45-43(35-25-17-12-18-26-35,36-27-19-13-20-28-36)37-29-21-14-22-30-37/h11-30,38-40H,31-33H2,1-10H3/t38-,39+,40-/m1/s1. The Kier molecular flexibility index (Phi) is 11.3. The highest BCUT2D eigenvalue weighted by atomic mass is 28.4. The van der Waals surface area contributed by atoms with Crippen LogP contribution in [0.3, 0.4) is 0 Å². The van der Waals surface area contributed by atoms with Gasteiger partial charge in [-0.15, -0.1) is 0 Å². The lowest BCUT2D eigenvalue weighted by Crippen LogP contribution is -2.54. The van der Waals surface area contributed by atoms with Crippen LogP contribution in [-0.2, 0) is 25.7 Å². The summed E-state index contributed by atoms with van der Waals surface area (Å²) in [6, 6.07) is 42.9. The Morgan fingerprint density at radius 1 is 0.571 bits per heavy atom. The van der Waals surface area contributed by atoms with Gasteiger partial charge in [-0.1, -0.05) is 163 Å². The molecule has 1 heterocycles. The molecule has 3 atom stereocenters. The maximum absolute atomic E-state index is 7.57. The predicted molar refractivity (Wildman–Crippen MR) is 210 cm³/mol. The minimum atomic E-state index is -2.21. The van der Waals surface area contributed by atoms with E-state index in [-0.39, 0.29) is 28.3 Å². The van der Waals surface area contributed by atoms with Gasteiger partial charge in [0.1, 0.15) is 5.60 Å². The summed E-state index contributed by atoms with van der Waals surface area (Å²) in [4.78, 5) is 2.58. The first-order valence-electron chi connectivity index (χ1n) is 18.0. The second-order valence-corrected chi connectivity index (χ2v) is 26.3.